The summed E-state index contributed by atoms with van der Waals surface area (Å²) >= 11 is 0. The molecule has 0 aromatic heterocycles. The van der Waals surface area contributed by atoms with E-state index in [0.29, 0.717) is 5.41 Å². The predicted octanol–water partition coefficient (Wildman–Crippen LogP) is 4.69. The predicted molar refractivity (Wildman–Crippen MR) is 73.7 cm³/mol. The topological polar surface area (TPSA) is 0 Å². The Labute approximate surface area is 105 Å². The van der Waals surface area contributed by atoms with Gasteiger partial charge in [-0.05, 0) is 47.6 Å². The molecule has 3 unspecified atom stereocenters. The molecule has 2 aliphatic rings. The number of rotatable bonds is 1. The van der Waals surface area contributed by atoms with Crippen LogP contribution in [-0.2, 0) is 0 Å². The van der Waals surface area contributed by atoms with E-state index < -0.39 is 0 Å². The molecule has 0 bridgehead atoms. The Kier molecular flexibility index (Phi) is 2.26. The quantitative estimate of drug-likeness (QED) is 0.651. The maximum Gasteiger partial charge on any atom is -0.0157 e. The SMILES string of the molecule is Cc1cccc(C2=CC3C(C2)C3C(C)(C)C)c1. The molecule has 1 fully saturated rings. The zero-order valence-corrected chi connectivity index (χ0v) is 11.3. The Morgan fingerprint density at radius 2 is 1.94 bits per heavy atom. The van der Waals surface area contributed by atoms with Crippen LogP contribution < -0.4 is 0 Å². The summed E-state index contributed by atoms with van der Waals surface area (Å²) < 4.78 is 0. The molecule has 0 nitrogen and oxygen atoms in total. The Balaban J connectivity index is 1.81. The molecule has 90 valence electrons. The summed E-state index contributed by atoms with van der Waals surface area (Å²) in [6.07, 6.45) is 3.85. The third-order valence-corrected chi connectivity index (χ3v) is 4.47. The first-order valence-electron chi connectivity index (χ1n) is 6.74. The summed E-state index contributed by atoms with van der Waals surface area (Å²) in [5, 5.41) is 0. The number of allylic oxidation sites excluding steroid dienone is 2. The van der Waals surface area contributed by atoms with E-state index in [1.54, 1.807) is 5.57 Å². The first-order chi connectivity index (χ1) is 7.97. The van der Waals surface area contributed by atoms with E-state index in [9.17, 15) is 0 Å². The van der Waals surface area contributed by atoms with Gasteiger partial charge in [-0.1, -0.05) is 56.7 Å². The van der Waals surface area contributed by atoms with Crippen LogP contribution >= 0.6 is 0 Å². The Morgan fingerprint density at radius 1 is 1.18 bits per heavy atom. The van der Waals surface area contributed by atoms with E-state index in [1.807, 2.05) is 0 Å². The van der Waals surface area contributed by atoms with Crippen molar-refractivity contribution in [3.05, 3.63) is 41.5 Å². The lowest BCUT2D eigenvalue weighted by Gasteiger charge is -2.20. The van der Waals surface area contributed by atoms with Gasteiger partial charge < -0.3 is 0 Å². The second-order valence-corrected chi connectivity index (χ2v) is 6.90. The van der Waals surface area contributed by atoms with Gasteiger partial charge in [0.1, 0.15) is 0 Å². The number of hydrogen-bond donors (Lipinski definition) is 0. The van der Waals surface area contributed by atoms with Crippen molar-refractivity contribution in [2.45, 2.75) is 34.1 Å². The van der Waals surface area contributed by atoms with E-state index in [-0.39, 0.29) is 0 Å². The second kappa shape index (κ2) is 3.48. The summed E-state index contributed by atoms with van der Waals surface area (Å²) in [7, 11) is 0. The maximum atomic E-state index is 2.55. The molecule has 17 heavy (non-hydrogen) atoms. The molecule has 0 aliphatic heterocycles. The van der Waals surface area contributed by atoms with Crippen LogP contribution in [0.25, 0.3) is 5.57 Å². The summed E-state index contributed by atoms with van der Waals surface area (Å²) in [5.41, 5.74) is 4.90. The van der Waals surface area contributed by atoms with Crippen LogP contribution in [0.5, 0.6) is 0 Å². The van der Waals surface area contributed by atoms with Crippen molar-refractivity contribution < 1.29 is 0 Å². The lowest BCUT2D eigenvalue weighted by atomic mass is 9.85. The molecule has 0 heterocycles. The standard InChI is InChI=1S/C17H22/c1-11-6-5-7-12(8-11)13-9-14-15(10-13)16(14)17(2,3)4/h5-9,14-16H,10H2,1-4H3. The molecular weight excluding hydrogens is 204 g/mol. The van der Waals surface area contributed by atoms with Crippen molar-refractivity contribution >= 4 is 5.57 Å². The fourth-order valence-corrected chi connectivity index (χ4v) is 3.72. The van der Waals surface area contributed by atoms with Crippen LogP contribution in [0.2, 0.25) is 0 Å². The lowest BCUT2D eigenvalue weighted by molar-refractivity contribution is 0.322. The third kappa shape index (κ3) is 1.84. The number of hydrogen-bond acceptors (Lipinski definition) is 0. The summed E-state index contributed by atoms with van der Waals surface area (Å²) in [6, 6.07) is 8.94. The van der Waals surface area contributed by atoms with Gasteiger partial charge in [0.25, 0.3) is 0 Å². The minimum atomic E-state index is 0.490. The van der Waals surface area contributed by atoms with Gasteiger partial charge in [-0.2, -0.15) is 0 Å². The largest absolute Gasteiger partial charge is 0.0770 e. The van der Waals surface area contributed by atoms with Crippen molar-refractivity contribution in [1.82, 2.24) is 0 Å². The molecule has 2 aliphatic carbocycles. The summed E-state index contributed by atoms with van der Waals surface area (Å²) in [4.78, 5) is 0. The normalized spacial score (nSPS) is 31.1. The average molecular weight is 226 g/mol. The highest BCUT2D eigenvalue weighted by molar-refractivity contribution is 5.70. The molecule has 0 radical (unpaired) electrons. The molecule has 1 saturated carbocycles. The molecule has 1 aromatic carbocycles. The van der Waals surface area contributed by atoms with Crippen molar-refractivity contribution in [3.8, 4) is 0 Å². The monoisotopic (exact) mass is 226 g/mol. The van der Waals surface area contributed by atoms with Gasteiger partial charge in [0.15, 0.2) is 0 Å². The molecule has 1 aromatic rings. The van der Waals surface area contributed by atoms with Crippen LogP contribution in [0.15, 0.2) is 30.3 Å². The van der Waals surface area contributed by atoms with E-state index in [2.05, 4.69) is 58.0 Å². The van der Waals surface area contributed by atoms with Crippen LogP contribution in [0.3, 0.4) is 0 Å². The number of fused-ring (bicyclic) bond motifs is 1. The van der Waals surface area contributed by atoms with Gasteiger partial charge in [0.05, 0.1) is 0 Å². The smallest absolute Gasteiger partial charge is 0.0157 e. The molecule has 0 spiro atoms. The third-order valence-electron chi connectivity index (χ3n) is 4.47. The highest BCUT2D eigenvalue weighted by atomic mass is 14.6. The van der Waals surface area contributed by atoms with Crippen LogP contribution in [-0.4, -0.2) is 0 Å². The maximum absolute atomic E-state index is 2.55. The van der Waals surface area contributed by atoms with Crippen molar-refractivity contribution in [1.29, 1.82) is 0 Å². The van der Waals surface area contributed by atoms with E-state index in [0.717, 1.165) is 17.8 Å². The fourth-order valence-electron chi connectivity index (χ4n) is 3.72. The molecule has 0 heteroatoms. The molecule has 3 atom stereocenters. The van der Waals surface area contributed by atoms with Gasteiger partial charge >= 0.3 is 0 Å². The Hall–Kier alpha value is -1.04. The second-order valence-electron chi connectivity index (χ2n) is 6.90. The van der Waals surface area contributed by atoms with Crippen LogP contribution in [0.1, 0.15) is 38.3 Å². The Bertz CT molecular complexity index is 473. The first kappa shape index (κ1) is 11.1. The van der Waals surface area contributed by atoms with Crippen LogP contribution in [0.4, 0.5) is 0 Å². The molecule has 0 amide bonds. The number of benzene rings is 1. The highest BCUT2D eigenvalue weighted by Gasteiger charge is 2.56. The zero-order chi connectivity index (χ0) is 12.2. The Morgan fingerprint density at radius 3 is 2.47 bits per heavy atom. The van der Waals surface area contributed by atoms with Gasteiger partial charge in [0.2, 0.25) is 0 Å². The van der Waals surface area contributed by atoms with Gasteiger partial charge in [-0.25, -0.2) is 0 Å². The van der Waals surface area contributed by atoms with Gasteiger partial charge in [-0.3, -0.25) is 0 Å². The minimum absolute atomic E-state index is 0.490. The molecule has 3 rings (SSSR count). The lowest BCUT2D eigenvalue weighted by Crippen LogP contribution is -2.11. The van der Waals surface area contributed by atoms with Crippen molar-refractivity contribution in [2.24, 2.45) is 23.2 Å². The zero-order valence-electron chi connectivity index (χ0n) is 11.3. The van der Waals surface area contributed by atoms with Crippen molar-refractivity contribution in [2.75, 3.05) is 0 Å². The summed E-state index contributed by atoms with van der Waals surface area (Å²) in [5.74, 6) is 2.73. The fraction of sp³-hybridized carbons (Fsp3) is 0.529. The van der Waals surface area contributed by atoms with E-state index in [4.69, 9.17) is 0 Å². The first-order valence-corrected chi connectivity index (χ1v) is 6.74. The van der Waals surface area contributed by atoms with Crippen molar-refractivity contribution in [3.63, 3.8) is 0 Å². The molecule has 0 saturated heterocycles. The molecular formula is C17H22. The molecule has 0 N–H and O–H groups in total. The summed E-state index contributed by atoms with van der Waals surface area (Å²) in [6.45, 7) is 9.33. The van der Waals surface area contributed by atoms with E-state index >= 15 is 0 Å². The van der Waals surface area contributed by atoms with Gasteiger partial charge in [0, 0.05) is 0 Å². The average Bonchev–Trinajstić information content (AvgIpc) is 2.77. The van der Waals surface area contributed by atoms with E-state index in [1.165, 1.54) is 17.5 Å². The number of aryl methyl sites for hydroxylation is 1. The van der Waals surface area contributed by atoms with Crippen LogP contribution in [0, 0.1) is 30.1 Å². The van der Waals surface area contributed by atoms with Gasteiger partial charge in [-0.15, -0.1) is 0 Å². The minimum Gasteiger partial charge on any atom is -0.0770 e. The highest BCUT2D eigenvalue weighted by Crippen LogP contribution is 2.64.